The average molecular weight is 259 g/mol. The Bertz CT molecular complexity index is 443. The van der Waals surface area contributed by atoms with Crippen molar-refractivity contribution in [1.29, 1.82) is 0 Å². The lowest BCUT2D eigenvalue weighted by Gasteiger charge is -2.30. The van der Waals surface area contributed by atoms with Crippen molar-refractivity contribution in [3.8, 4) is 0 Å². The van der Waals surface area contributed by atoms with E-state index in [0.29, 0.717) is 0 Å². The van der Waals surface area contributed by atoms with Gasteiger partial charge in [0.1, 0.15) is 0 Å². The van der Waals surface area contributed by atoms with Gasteiger partial charge >= 0.3 is 0 Å². The standard InChI is InChI=1S/C12H15F2NO3/c13-9-3-1-2-7(11(9)14)12(15)6-18-10(5-17)8(12)4-16/h1-3,8,10,16-17H,4-6,15H2. The number of rotatable bonds is 3. The van der Waals surface area contributed by atoms with Crippen molar-refractivity contribution in [3.63, 3.8) is 0 Å². The molecule has 2 rings (SSSR count). The van der Waals surface area contributed by atoms with Gasteiger partial charge in [0, 0.05) is 11.5 Å². The number of hydrogen-bond acceptors (Lipinski definition) is 4. The van der Waals surface area contributed by atoms with Gasteiger partial charge in [-0.2, -0.15) is 0 Å². The van der Waals surface area contributed by atoms with Gasteiger partial charge in [0.25, 0.3) is 0 Å². The fourth-order valence-electron chi connectivity index (χ4n) is 2.40. The van der Waals surface area contributed by atoms with Gasteiger partial charge in [-0.25, -0.2) is 8.78 Å². The summed E-state index contributed by atoms with van der Waals surface area (Å²) in [6.45, 7) is -0.789. The molecule has 4 N–H and O–H groups in total. The van der Waals surface area contributed by atoms with Gasteiger partial charge in [0.2, 0.25) is 0 Å². The number of nitrogens with two attached hydrogens (primary N) is 1. The second-order valence-corrected chi connectivity index (χ2v) is 4.46. The third-order valence-electron chi connectivity index (χ3n) is 3.48. The molecule has 0 amide bonds. The molecule has 0 spiro atoms. The molecule has 100 valence electrons. The Morgan fingerprint density at radius 1 is 1.33 bits per heavy atom. The first kappa shape index (κ1) is 13.4. The zero-order chi connectivity index (χ0) is 13.3. The van der Waals surface area contributed by atoms with E-state index in [1.54, 1.807) is 0 Å². The Morgan fingerprint density at radius 2 is 2.06 bits per heavy atom. The van der Waals surface area contributed by atoms with Crippen molar-refractivity contribution in [1.82, 2.24) is 0 Å². The zero-order valence-corrected chi connectivity index (χ0v) is 9.64. The Balaban J connectivity index is 2.45. The Hall–Kier alpha value is -1.08. The lowest BCUT2D eigenvalue weighted by Crippen LogP contribution is -2.48. The number of hydrogen-bond donors (Lipinski definition) is 3. The molecule has 4 nitrogen and oxygen atoms in total. The Kier molecular flexibility index (Phi) is 3.63. The van der Waals surface area contributed by atoms with Crippen LogP contribution >= 0.6 is 0 Å². The van der Waals surface area contributed by atoms with Crippen LogP contribution in [0.15, 0.2) is 18.2 Å². The van der Waals surface area contributed by atoms with Crippen molar-refractivity contribution in [2.24, 2.45) is 11.7 Å². The molecule has 18 heavy (non-hydrogen) atoms. The first-order chi connectivity index (χ1) is 8.54. The molecule has 1 fully saturated rings. The highest BCUT2D eigenvalue weighted by Crippen LogP contribution is 2.38. The molecule has 0 radical (unpaired) electrons. The number of ether oxygens (including phenoxy) is 1. The molecule has 3 unspecified atom stereocenters. The van der Waals surface area contributed by atoms with E-state index < -0.39 is 29.2 Å². The molecule has 0 bridgehead atoms. The number of benzene rings is 1. The Labute approximate surface area is 103 Å². The summed E-state index contributed by atoms with van der Waals surface area (Å²) in [4.78, 5) is 0. The molecule has 0 saturated carbocycles. The SMILES string of the molecule is NC1(c2cccc(F)c2F)COC(CO)C1CO. The van der Waals surface area contributed by atoms with Crippen LogP contribution in [0.5, 0.6) is 0 Å². The van der Waals surface area contributed by atoms with Crippen molar-refractivity contribution >= 4 is 0 Å². The van der Waals surface area contributed by atoms with E-state index in [4.69, 9.17) is 15.6 Å². The summed E-state index contributed by atoms with van der Waals surface area (Å²) in [5, 5.41) is 18.4. The number of aliphatic hydroxyl groups is 2. The summed E-state index contributed by atoms with van der Waals surface area (Å²) in [7, 11) is 0. The molecule has 1 aliphatic heterocycles. The summed E-state index contributed by atoms with van der Waals surface area (Å²) in [5.41, 5.74) is 4.69. The first-order valence-corrected chi connectivity index (χ1v) is 5.61. The van der Waals surface area contributed by atoms with Gasteiger partial charge in [-0.1, -0.05) is 12.1 Å². The monoisotopic (exact) mass is 259 g/mol. The lowest BCUT2D eigenvalue weighted by atomic mass is 9.79. The van der Waals surface area contributed by atoms with E-state index in [0.717, 1.165) is 6.07 Å². The van der Waals surface area contributed by atoms with Crippen LogP contribution in [0.1, 0.15) is 5.56 Å². The molecule has 1 aromatic carbocycles. The van der Waals surface area contributed by atoms with Crippen LogP contribution in [0, 0.1) is 17.6 Å². The highest BCUT2D eigenvalue weighted by molar-refractivity contribution is 5.29. The minimum absolute atomic E-state index is 0.0440. The van der Waals surface area contributed by atoms with E-state index in [1.807, 2.05) is 0 Å². The second-order valence-electron chi connectivity index (χ2n) is 4.46. The third kappa shape index (κ3) is 1.91. The van der Waals surface area contributed by atoms with Crippen LogP contribution in [0.25, 0.3) is 0 Å². The van der Waals surface area contributed by atoms with Crippen molar-refractivity contribution in [2.45, 2.75) is 11.6 Å². The van der Waals surface area contributed by atoms with Gasteiger partial charge < -0.3 is 20.7 Å². The van der Waals surface area contributed by atoms with E-state index in [-0.39, 0.29) is 25.4 Å². The molecular weight excluding hydrogens is 244 g/mol. The predicted octanol–water partition coefficient (Wildman–Crippen LogP) is 0.118. The molecule has 1 saturated heterocycles. The zero-order valence-electron chi connectivity index (χ0n) is 9.64. The van der Waals surface area contributed by atoms with Gasteiger partial charge in [-0.3, -0.25) is 0 Å². The van der Waals surface area contributed by atoms with Crippen LogP contribution in [0.4, 0.5) is 8.78 Å². The highest BCUT2D eigenvalue weighted by atomic mass is 19.2. The van der Waals surface area contributed by atoms with Crippen LogP contribution in [0.2, 0.25) is 0 Å². The molecule has 1 aliphatic rings. The average Bonchev–Trinajstić information content (AvgIpc) is 2.70. The minimum atomic E-state index is -1.34. The van der Waals surface area contributed by atoms with Crippen molar-refractivity contribution in [3.05, 3.63) is 35.4 Å². The molecule has 1 heterocycles. The van der Waals surface area contributed by atoms with Crippen molar-refractivity contribution in [2.75, 3.05) is 19.8 Å². The van der Waals surface area contributed by atoms with Crippen LogP contribution in [-0.2, 0) is 10.3 Å². The van der Waals surface area contributed by atoms with Gasteiger partial charge in [-0.15, -0.1) is 0 Å². The van der Waals surface area contributed by atoms with Crippen molar-refractivity contribution < 1.29 is 23.7 Å². The third-order valence-corrected chi connectivity index (χ3v) is 3.48. The fraction of sp³-hybridized carbons (Fsp3) is 0.500. The summed E-state index contributed by atoms with van der Waals surface area (Å²) >= 11 is 0. The second kappa shape index (κ2) is 4.89. The molecule has 6 heteroatoms. The lowest BCUT2D eigenvalue weighted by molar-refractivity contribution is 0.0266. The van der Waals surface area contributed by atoms with E-state index in [9.17, 15) is 13.9 Å². The summed E-state index contributed by atoms with van der Waals surface area (Å²) in [6.07, 6.45) is -0.678. The highest BCUT2D eigenvalue weighted by Gasteiger charge is 2.49. The summed E-state index contributed by atoms with van der Waals surface area (Å²) < 4.78 is 32.3. The van der Waals surface area contributed by atoms with Gasteiger partial charge in [0.15, 0.2) is 11.6 Å². The molecule has 1 aromatic rings. The quantitative estimate of drug-likeness (QED) is 0.720. The maximum absolute atomic E-state index is 13.8. The largest absolute Gasteiger partial charge is 0.396 e. The minimum Gasteiger partial charge on any atom is -0.396 e. The van der Waals surface area contributed by atoms with Crippen LogP contribution in [0.3, 0.4) is 0 Å². The molecule has 0 aromatic heterocycles. The van der Waals surface area contributed by atoms with Crippen LogP contribution in [-0.4, -0.2) is 36.1 Å². The predicted molar refractivity (Wildman–Crippen MR) is 59.6 cm³/mol. The summed E-state index contributed by atoms with van der Waals surface area (Å²) in [6, 6.07) is 3.71. The van der Waals surface area contributed by atoms with E-state index in [2.05, 4.69) is 0 Å². The van der Waals surface area contributed by atoms with E-state index in [1.165, 1.54) is 12.1 Å². The van der Waals surface area contributed by atoms with Crippen LogP contribution < -0.4 is 5.73 Å². The smallest absolute Gasteiger partial charge is 0.163 e. The summed E-state index contributed by atoms with van der Waals surface area (Å²) in [5.74, 6) is -2.72. The van der Waals surface area contributed by atoms with E-state index >= 15 is 0 Å². The first-order valence-electron chi connectivity index (χ1n) is 5.61. The topological polar surface area (TPSA) is 75.7 Å². The van der Waals surface area contributed by atoms with Gasteiger partial charge in [0.05, 0.1) is 31.5 Å². The molecular formula is C12H15F2NO3. The maximum Gasteiger partial charge on any atom is 0.163 e. The Morgan fingerprint density at radius 3 is 2.67 bits per heavy atom. The normalized spacial score (nSPS) is 31.8. The number of halogens is 2. The maximum atomic E-state index is 13.8. The molecule has 3 atom stereocenters. The van der Waals surface area contributed by atoms with Gasteiger partial charge in [-0.05, 0) is 6.07 Å². The fourth-order valence-corrected chi connectivity index (χ4v) is 2.40. The number of aliphatic hydroxyl groups excluding tert-OH is 2. The molecule has 0 aliphatic carbocycles.